The summed E-state index contributed by atoms with van der Waals surface area (Å²) in [4.78, 5) is 10.6. The van der Waals surface area contributed by atoms with Crippen LogP contribution in [0, 0.1) is 24.6 Å². The van der Waals surface area contributed by atoms with Crippen molar-refractivity contribution in [2.75, 3.05) is 13.2 Å². The Morgan fingerprint density at radius 1 is 1.03 bits per heavy atom. The van der Waals surface area contributed by atoms with E-state index in [2.05, 4.69) is 23.7 Å². The Kier molecular flexibility index (Phi) is 7.00. The van der Waals surface area contributed by atoms with E-state index >= 15 is 0 Å². The minimum Gasteiger partial charge on any atom is -0.480 e. The molecule has 0 bridgehead atoms. The molecule has 1 heterocycles. The van der Waals surface area contributed by atoms with Crippen LogP contribution in [0.4, 0.5) is 4.39 Å². The van der Waals surface area contributed by atoms with Gasteiger partial charge in [0.15, 0.2) is 0 Å². The highest BCUT2D eigenvalue weighted by Gasteiger charge is 2.24. The maximum atomic E-state index is 13.5. The molecule has 1 saturated carbocycles. The van der Waals surface area contributed by atoms with E-state index in [0.29, 0.717) is 18.4 Å². The van der Waals surface area contributed by atoms with Crippen molar-refractivity contribution >= 4 is 5.97 Å². The van der Waals surface area contributed by atoms with Crippen LogP contribution in [0.15, 0.2) is 54.6 Å². The van der Waals surface area contributed by atoms with Crippen LogP contribution in [0.3, 0.4) is 0 Å². The molecule has 32 heavy (non-hydrogen) atoms. The zero-order chi connectivity index (χ0) is 22.5. The van der Waals surface area contributed by atoms with E-state index in [4.69, 9.17) is 14.9 Å². The SMILES string of the molecule is Cc1c(-c2ccc(F)cc2)c(-c2ccccc2)nn1C[C@H]1CC[C@@H](COCC(=O)O)CC1. The van der Waals surface area contributed by atoms with Crippen LogP contribution in [0.25, 0.3) is 22.4 Å². The van der Waals surface area contributed by atoms with Gasteiger partial charge in [-0.1, -0.05) is 42.5 Å². The van der Waals surface area contributed by atoms with Crippen LogP contribution in [-0.4, -0.2) is 34.1 Å². The summed E-state index contributed by atoms with van der Waals surface area (Å²) in [6, 6.07) is 16.7. The quantitative estimate of drug-likeness (QED) is 0.501. The van der Waals surface area contributed by atoms with Crippen LogP contribution in [0.5, 0.6) is 0 Å². The van der Waals surface area contributed by atoms with Crippen LogP contribution in [0.2, 0.25) is 0 Å². The highest BCUT2D eigenvalue weighted by Crippen LogP contribution is 2.36. The minimum absolute atomic E-state index is 0.221. The molecule has 1 aliphatic carbocycles. The van der Waals surface area contributed by atoms with E-state index in [9.17, 15) is 9.18 Å². The van der Waals surface area contributed by atoms with Gasteiger partial charge in [0.2, 0.25) is 0 Å². The molecular formula is C26H29FN2O3. The van der Waals surface area contributed by atoms with E-state index in [1.165, 1.54) is 12.1 Å². The maximum Gasteiger partial charge on any atom is 0.329 e. The first-order valence-electron chi connectivity index (χ1n) is 11.2. The van der Waals surface area contributed by atoms with Gasteiger partial charge in [0, 0.05) is 23.4 Å². The van der Waals surface area contributed by atoms with Crippen molar-refractivity contribution in [3.63, 3.8) is 0 Å². The van der Waals surface area contributed by atoms with Crippen molar-refractivity contribution in [2.24, 2.45) is 11.8 Å². The third-order valence-corrected chi connectivity index (χ3v) is 6.36. The number of benzene rings is 2. The lowest BCUT2D eigenvalue weighted by Gasteiger charge is -2.28. The number of halogens is 1. The molecule has 1 aliphatic rings. The van der Waals surface area contributed by atoms with Gasteiger partial charge in [-0.05, 0) is 62.1 Å². The van der Waals surface area contributed by atoms with Crippen LogP contribution < -0.4 is 0 Å². The number of hydrogen-bond acceptors (Lipinski definition) is 3. The summed E-state index contributed by atoms with van der Waals surface area (Å²) in [6.45, 7) is 3.23. The van der Waals surface area contributed by atoms with E-state index in [0.717, 1.165) is 60.3 Å². The Morgan fingerprint density at radius 3 is 2.34 bits per heavy atom. The monoisotopic (exact) mass is 436 g/mol. The Morgan fingerprint density at radius 2 is 1.69 bits per heavy atom. The van der Waals surface area contributed by atoms with Gasteiger partial charge < -0.3 is 9.84 Å². The Hall–Kier alpha value is -2.99. The van der Waals surface area contributed by atoms with Gasteiger partial charge >= 0.3 is 5.97 Å². The smallest absolute Gasteiger partial charge is 0.329 e. The fraction of sp³-hybridized carbons (Fsp3) is 0.385. The maximum absolute atomic E-state index is 13.5. The molecule has 4 rings (SSSR count). The fourth-order valence-electron chi connectivity index (χ4n) is 4.62. The molecule has 1 N–H and O–H groups in total. The third kappa shape index (κ3) is 5.25. The van der Waals surface area contributed by atoms with Crippen LogP contribution in [-0.2, 0) is 16.1 Å². The van der Waals surface area contributed by atoms with Crippen molar-refractivity contribution in [3.8, 4) is 22.4 Å². The van der Waals surface area contributed by atoms with Gasteiger partial charge in [0.05, 0.1) is 6.61 Å². The highest BCUT2D eigenvalue weighted by molar-refractivity contribution is 5.82. The zero-order valence-corrected chi connectivity index (χ0v) is 18.3. The Balaban J connectivity index is 1.51. The largest absolute Gasteiger partial charge is 0.480 e. The molecule has 6 heteroatoms. The number of aromatic nitrogens is 2. The molecule has 0 unspecified atom stereocenters. The number of aliphatic carboxylic acids is 1. The number of carbonyl (C=O) groups is 1. The Labute approximate surface area is 187 Å². The molecule has 0 amide bonds. The summed E-state index contributed by atoms with van der Waals surface area (Å²) in [7, 11) is 0. The van der Waals surface area contributed by atoms with Crippen molar-refractivity contribution in [1.82, 2.24) is 9.78 Å². The molecule has 0 radical (unpaired) electrons. The summed E-state index contributed by atoms with van der Waals surface area (Å²) in [5.41, 5.74) is 5.07. The van der Waals surface area contributed by atoms with Crippen LogP contribution >= 0.6 is 0 Å². The Bertz CT molecular complexity index is 1040. The normalized spacial score (nSPS) is 18.6. The fourth-order valence-corrected chi connectivity index (χ4v) is 4.62. The number of carboxylic acid groups (broad SMARTS) is 1. The van der Waals surface area contributed by atoms with Gasteiger partial charge in [-0.25, -0.2) is 9.18 Å². The molecule has 0 atom stereocenters. The first-order chi connectivity index (χ1) is 15.5. The summed E-state index contributed by atoms with van der Waals surface area (Å²) in [5.74, 6) is -0.212. The predicted molar refractivity (Wildman–Crippen MR) is 122 cm³/mol. The second-order valence-corrected chi connectivity index (χ2v) is 8.66. The molecule has 168 valence electrons. The summed E-state index contributed by atoms with van der Waals surface area (Å²) >= 11 is 0. The number of ether oxygens (including phenoxy) is 1. The molecule has 1 aromatic heterocycles. The standard InChI is InChI=1S/C26H29FN2O3/c1-18-25(21-11-13-23(27)14-12-21)26(22-5-3-2-4-6-22)28-29(18)15-19-7-9-20(10-8-19)16-32-17-24(30)31/h2-6,11-14,19-20H,7-10,15-17H2,1H3,(H,30,31)/t19-,20+. The molecule has 5 nitrogen and oxygen atoms in total. The number of nitrogens with zero attached hydrogens (tertiary/aromatic N) is 2. The minimum atomic E-state index is -0.918. The molecule has 3 aromatic rings. The van der Waals surface area contributed by atoms with E-state index in [1.807, 2.05) is 30.3 Å². The van der Waals surface area contributed by atoms with E-state index in [-0.39, 0.29) is 12.4 Å². The van der Waals surface area contributed by atoms with Crippen molar-refractivity contribution in [3.05, 3.63) is 66.1 Å². The average molecular weight is 437 g/mol. The second-order valence-electron chi connectivity index (χ2n) is 8.66. The van der Waals surface area contributed by atoms with E-state index < -0.39 is 5.97 Å². The van der Waals surface area contributed by atoms with Gasteiger partial charge in [0.25, 0.3) is 0 Å². The van der Waals surface area contributed by atoms with Gasteiger partial charge in [-0.3, -0.25) is 4.68 Å². The van der Waals surface area contributed by atoms with Crippen molar-refractivity contribution < 1.29 is 19.0 Å². The van der Waals surface area contributed by atoms with Gasteiger partial charge in [0.1, 0.15) is 18.1 Å². The topological polar surface area (TPSA) is 64.4 Å². The first-order valence-corrected chi connectivity index (χ1v) is 11.2. The van der Waals surface area contributed by atoms with Gasteiger partial charge in [-0.15, -0.1) is 0 Å². The van der Waals surface area contributed by atoms with Gasteiger partial charge in [-0.2, -0.15) is 5.10 Å². The number of carboxylic acids is 1. The summed E-state index contributed by atoms with van der Waals surface area (Å²) in [5, 5.41) is 13.7. The molecule has 0 spiro atoms. The lowest BCUT2D eigenvalue weighted by molar-refractivity contribution is -0.142. The molecule has 2 aromatic carbocycles. The molecular weight excluding hydrogens is 407 g/mol. The molecule has 0 saturated heterocycles. The molecule has 1 fully saturated rings. The predicted octanol–water partition coefficient (Wildman–Crippen LogP) is 5.57. The highest BCUT2D eigenvalue weighted by atomic mass is 19.1. The average Bonchev–Trinajstić information content (AvgIpc) is 3.12. The number of hydrogen-bond donors (Lipinski definition) is 1. The lowest BCUT2D eigenvalue weighted by atomic mass is 9.82. The first kappa shape index (κ1) is 22.2. The zero-order valence-electron chi connectivity index (χ0n) is 18.3. The van der Waals surface area contributed by atoms with E-state index in [1.54, 1.807) is 0 Å². The van der Waals surface area contributed by atoms with Crippen LogP contribution in [0.1, 0.15) is 31.4 Å². The lowest BCUT2D eigenvalue weighted by Crippen LogP contribution is -2.23. The summed E-state index contributed by atoms with van der Waals surface area (Å²) < 4.78 is 20.9. The second kappa shape index (κ2) is 10.1. The van der Waals surface area contributed by atoms with Crippen molar-refractivity contribution in [2.45, 2.75) is 39.2 Å². The molecule has 0 aliphatic heterocycles. The van der Waals surface area contributed by atoms with Crippen molar-refractivity contribution in [1.29, 1.82) is 0 Å². The number of rotatable bonds is 8. The third-order valence-electron chi connectivity index (χ3n) is 6.36. The summed E-state index contributed by atoms with van der Waals surface area (Å²) in [6.07, 6.45) is 4.24.